The summed E-state index contributed by atoms with van der Waals surface area (Å²) in [5, 5.41) is 7.77. The minimum atomic E-state index is -0.270. The Kier molecular flexibility index (Phi) is 4.73. The maximum atomic E-state index is 13.5. The highest BCUT2D eigenvalue weighted by Crippen LogP contribution is 2.44. The van der Waals surface area contributed by atoms with Crippen LogP contribution in [0.5, 0.6) is 11.5 Å². The number of benzene rings is 2. The van der Waals surface area contributed by atoms with Gasteiger partial charge >= 0.3 is 0 Å². The zero-order valence-corrected chi connectivity index (χ0v) is 17.8. The van der Waals surface area contributed by atoms with Gasteiger partial charge in [0.25, 0.3) is 0 Å². The third-order valence-electron chi connectivity index (χ3n) is 6.13. The van der Waals surface area contributed by atoms with Crippen molar-refractivity contribution in [2.75, 3.05) is 19.5 Å². The normalized spacial score (nSPS) is 20.0. The summed E-state index contributed by atoms with van der Waals surface area (Å²) >= 11 is 0. The topological polar surface area (TPSA) is 78.3 Å². The third-order valence-corrected chi connectivity index (χ3v) is 6.13. The molecular weight excluding hydrogens is 392 g/mol. The fourth-order valence-electron chi connectivity index (χ4n) is 4.55. The maximum Gasteiger partial charge on any atom is 0.226 e. The highest BCUT2D eigenvalue weighted by atomic mass is 16.5. The molecule has 3 aromatic rings. The first kappa shape index (κ1) is 19.4. The van der Waals surface area contributed by atoms with Crippen LogP contribution in [0.3, 0.4) is 0 Å². The van der Waals surface area contributed by atoms with Gasteiger partial charge in [-0.25, -0.2) is 4.68 Å². The van der Waals surface area contributed by atoms with Crippen molar-refractivity contribution in [2.45, 2.75) is 31.7 Å². The van der Waals surface area contributed by atoms with E-state index < -0.39 is 0 Å². The van der Waals surface area contributed by atoms with Gasteiger partial charge in [-0.2, -0.15) is 10.1 Å². The summed E-state index contributed by atoms with van der Waals surface area (Å²) in [7, 11) is 3.24. The smallest absolute Gasteiger partial charge is 0.226 e. The molecule has 0 fully saturated rings. The number of carbonyl (C=O) groups excluding carboxylic acids is 1. The second-order valence-electron chi connectivity index (χ2n) is 8.00. The molecule has 1 aromatic heterocycles. The number of aromatic nitrogens is 3. The number of hydrogen-bond acceptors (Lipinski definition) is 6. The lowest BCUT2D eigenvalue weighted by Gasteiger charge is -2.35. The molecule has 7 heteroatoms. The Labute approximate surface area is 180 Å². The van der Waals surface area contributed by atoms with E-state index >= 15 is 0 Å². The van der Waals surface area contributed by atoms with E-state index in [0.29, 0.717) is 30.3 Å². The second kappa shape index (κ2) is 7.58. The van der Waals surface area contributed by atoms with Crippen molar-refractivity contribution in [3.8, 4) is 11.5 Å². The Morgan fingerprint density at radius 3 is 2.48 bits per heavy atom. The van der Waals surface area contributed by atoms with Crippen molar-refractivity contribution < 1.29 is 14.3 Å². The van der Waals surface area contributed by atoms with Crippen molar-refractivity contribution in [3.63, 3.8) is 0 Å². The van der Waals surface area contributed by atoms with E-state index in [1.54, 1.807) is 18.9 Å². The van der Waals surface area contributed by atoms with Gasteiger partial charge in [0.15, 0.2) is 17.3 Å². The lowest BCUT2D eigenvalue weighted by molar-refractivity contribution is -0.116. The van der Waals surface area contributed by atoms with Crippen LogP contribution in [0, 0.1) is 6.92 Å². The number of ketones is 1. The molecule has 0 saturated carbocycles. The lowest BCUT2D eigenvalue weighted by atomic mass is 9.78. The van der Waals surface area contributed by atoms with Crippen molar-refractivity contribution in [1.82, 2.24) is 14.8 Å². The van der Waals surface area contributed by atoms with Gasteiger partial charge in [-0.05, 0) is 42.5 Å². The minimum absolute atomic E-state index is 0.0479. The number of hydrogen-bond donors (Lipinski definition) is 1. The molecule has 0 spiro atoms. The zero-order valence-electron chi connectivity index (χ0n) is 17.8. The summed E-state index contributed by atoms with van der Waals surface area (Å²) in [5.74, 6) is 2.18. The summed E-state index contributed by atoms with van der Waals surface area (Å²) in [4.78, 5) is 17.8. The molecule has 2 atom stereocenters. The number of ether oxygens (including phenoxy) is 2. The zero-order chi connectivity index (χ0) is 21.5. The maximum absolute atomic E-state index is 13.5. The molecule has 1 N–H and O–H groups in total. The van der Waals surface area contributed by atoms with Gasteiger partial charge in [0.1, 0.15) is 12.4 Å². The lowest BCUT2D eigenvalue weighted by Crippen LogP contribution is -2.33. The number of fused-ring (bicyclic) bond motifs is 1. The van der Waals surface area contributed by atoms with Crippen molar-refractivity contribution >= 4 is 11.7 Å². The molecule has 1 aliphatic heterocycles. The van der Waals surface area contributed by atoms with E-state index in [4.69, 9.17) is 9.47 Å². The second-order valence-corrected chi connectivity index (χ2v) is 8.00. The van der Waals surface area contributed by atoms with Crippen LogP contribution in [0.1, 0.15) is 41.5 Å². The van der Waals surface area contributed by atoms with Gasteiger partial charge < -0.3 is 14.8 Å². The van der Waals surface area contributed by atoms with Gasteiger partial charge in [-0.1, -0.05) is 35.9 Å². The number of rotatable bonds is 4. The largest absolute Gasteiger partial charge is 0.493 e. The molecule has 0 amide bonds. The predicted octanol–water partition coefficient (Wildman–Crippen LogP) is 4.02. The Bertz CT molecular complexity index is 1180. The average molecular weight is 416 g/mol. The summed E-state index contributed by atoms with van der Waals surface area (Å²) in [5.41, 5.74) is 4.96. The van der Waals surface area contributed by atoms with Crippen LogP contribution in [0.4, 0.5) is 5.95 Å². The molecule has 0 radical (unpaired) electrons. The van der Waals surface area contributed by atoms with Crippen molar-refractivity contribution in [2.24, 2.45) is 0 Å². The van der Waals surface area contributed by atoms with Gasteiger partial charge in [-0.15, -0.1) is 0 Å². The number of allylic oxidation sites excluding steroid dienone is 2. The highest BCUT2D eigenvalue weighted by molar-refractivity contribution is 6.00. The predicted molar refractivity (Wildman–Crippen MR) is 117 cm³/mol. The fourth-order valence-corrected chi connectivity index (χ4v) is 4.55. The number of nitrogens with zero attached hydrogens (tertiary/aromatic N) is 3. The molecule has 0 saturated heterocycles. The SMILES string of the molecule is COc1ccc([C@H]2CC(=O)C3=C(C2)Nc2ncnn2[C@H]3c2ccc(C)cc2)cc1OC. The van der Waals surface area contributed by atoms with Crippen LogP contribution in [0.25, 0.3) is 0 Å². The van der Waals surface area contributed by atoms with Crippen molar-refractivity contribution in [1.29, 1.82) is 0 Å². The first-order valence-electron chi connectivity index (χ1n) is 10.3. The molecule has 2 heterocycles. The summed E-state index contributed by atoms with van der Waals surface area (Å²) < 4.78 is 12.6. The average Bonchev–Trinajstić information content (AvgIpc) is 3.26. The van der Waals surface area contributed by atoms with E-state index in [1.165, 1.54) is 11.9 Å². The molecule has 158 valence electrons. The standard InChI is InChI=1S/C24H24N4O3/c1-14-4-6-15(7-5-14)23-22-18(27-24-25-13-26-28(23)24)10-17(11-19(22)29)16-8-9-20(30-2)21(12-16)31-3/h4-9,12-13,17,23H,10-11H2,1-3H3,(H,25,26,27)/t17-,23+/m1/s1. The number of carbonyl (C=O) groups is 1. The molecule has 2 aliphatic rings. The highest BCUT2D eigenvalue weighted by Gasteiger charge is 2.39. The fraction of sp³-hybridized carbons (Fsp3) is 0.292. The van der Waals surface area contributed by atoms with Crippen LogP contribution < -0.4 is 14.8 Å². The molecule has 1 aliphatic carbocycles. The Morgan fingerprint density at radius 1 is 1.00 bits per heavy atom. The minimum Gasteiger partial charge on any atom is -0.493 e. The Hall–Kier alpha value is -3.61. The van der Waals surface area contributed by atoms with Crippen LogP contribution in [-0.4, -0.2) is 34.8 Å². The molecule has 7 nitrogen and oxygen atoms in total. The monoisotopic (exact) mass is 416 g/mol. The van der Waals surface area contributed by atoms with E-state index in [1.807, 2.05) is 18.2 Å². The first-order valence-corrected chi connectivity index (χ1v) is 10.3. The number of methoxy groups -OCH3 is 2. The van der Waals surface area contributed by atoms with Gasteiger partial charge in [0, 0.05) is 17.7 Å². The number of anilines is 1. The Morgan fingerprint density at radius 2 is 1.74 bits per heavy atom. The van der Waals surface area contributed by atoms with Gasteiger partial charge in [0.05, 0.1) is 14.2 Å². The van der Waals surface area contributed by atoms with Crippen LogP contribution >= 0.6 is 0 Å². The molecule has 31 heavy (non-hydrogen) atoms. The first-order chi connectivity index (χ1) is 15.1. The quantitative estimate of drug-likeness (QED) is 0.692. The molecule has 0 unspecified atom stereocenters. The van der Waals surface area contributed by atoms with Crippen LogP contribution in [0.2, 0.25) is 0 Å². The van der Waals surface area contributed by atoms with Crippen LogP contribution in [0.15, 0.2) is 60.1 Å². The summed E-state index contributed by atoms with van der Waals surface area (Å²) in [6.07, 6.45) is 2.67. The molecular formula is C24H24N4O3. The number of Topliss-reactive ketones (excluding diaryl/α,β-unsaturated/α-hetero) is 1. The van der Waals surface area contributed by atoms with Gasteiger partial charge in [0.2, 0.25) is 5.95 Å². The Balaban J connectivity index is 1.55. The third kappa shape index (κ3) is 3.26. The number of nitrogens with one attached hydrogen (secondary N) is 1. The van der Waals surface area contributed by atoms with Gasteiger partial charge in [-0.3, -0.25) is 4.79 Å². The molecule has 0 bridgehead atoms. The molecule has 5 rings (SSSR count). The summed E-state index contributed by atoms with van der Waals surface area (Å²) in [6.45, 7) is 2.05. The van der Waals surface area contributed by atoms with E-state index in [9.17, 15) is 4.79 Å². The number of aryl methyl sites for hydroxylation is 1. The van der Waals surface area contributed by atoms with E-state index in [2.05, 4.69) is 46.6 Å². The van der Waals surface area contributed by atoms with Crippen LogP contribution in [-0.2, 0) is 4.79 Å². The van der Waals surface area contributed by atoms with E-state index in [0.717, 1.165) is 22.4 Å². The van der Waals surface area contributed by atoms with Crippen molar-refractivity contribution in [3.05, 3.63) is 76.8 Å². The summed E-state index contributed by atoms with van der Waals surface area (Å²) in [6, 6.07) is 13.8. The molecule has 2 aromatic carbocycles. The van der Waals surface area contributed by atoms with E-state index in [-0.39, 0.29) is 17.7 Å².